The Labute approximate surface area is 97.5 Å². The predicted octanol–water partition coefficient (Wildman–Crippen LogP) is 1.44. The number of carbonyl (C=O) groups excluding carboxylic acids is 1. The second-order valence-electron chi connectivity index (χ2n) is 5.46. The molecule has 0 aromatic heterocycles. The van der Waals surface area contributed by atoms with Crippen molar-refractivity contribution in [2.75, 3.05) is 6.54 Å². The van der Waals surface area contributed by atoms with Gasteiger partial charge in [-0.15, -0.1) is 0 Å². The zero-order valence-corrected chi connectivity index (χ0v) is 10.2. The van der Waals surface area contributed by atoms with Crippen LogP contribution in [0.5, 0.6) is 0 Å². The summed E-state index contributed by atoms with van der Waals surface area (Å²) in [5.74, 6) is 1.39. The van der Waals surface area contributed by atoms with E-state index in [1.165, 1.54) is 24.8 Å². The van der Waals surface area contributed by atoms with Crippen molar-refractivity contribution < 1.29 is 4.79 Å². The molecule has 2 bridgehead atoms. The number of nitrogens with two attached hydrogens (primary N) is 1. The third-order valence-electron chi connectivity index (χ3n) is 4.07. The first kappa shape index (κ1) is 11.6. The Hall–Kier alpha value is -0.830. The topological polar surface area (TPSA) is 55.1 Å². The molecule has 2 rings (SSSR count). The van der Waals surface area contributed by atoms with E-state index in [1.807, 2.05) is 19.9 Å². The number of rotatable bonds is 3. The molecular weight excluding hydrogens is 200 g/mol. The number of hydrogen-bond acceptors (Lipinski definition) is 2. The van der Waals surface area contributed by atoms with E-state index in [9.17, 15) is 4.79 Å². The van der Waals surface area contributed by atoms with Crippen molar-refractivity contribution in [3.63, 3.8) is 0 Å². The van der Waals surface area contributed by atoms with Crippen LogP contribution < -0.4 is 11.1 Å². The van der Waals surface area contributed by atoms with Crippen LogP contribution in [0.4, 0.5) is 0 Å². The summed E-state index contributed by atoms with van der Waals surface area (Å²) in [7, 11) is 0. The highest BCUT2D eigenvalue weighted by Gasteiger charge is 2.48. The van der Waals surface area contributed by atoms with Gasteiger partial charge in [0.05, 0.1) is 5.92 Å². The van der Waals surface area contributed by atoms with Gasteiger partial charge in [-0.3, -0.25) is 4.79 Å². The Morgan fingerprint density at radius 3 is 2.62 bits per heavy atom. The van der Waals surface area contributed by atoms with Gasteiger partial charge in [-0.2, -0.15) is 0 Å². The molecule has 0 aliphatic heterocycles. The fourth-order valence-corrected chi connectivity index (χ4v) is 3.20. The van der Waals surface area contributed by atoms with Crippen LogP contribution in [0.3, 0.4) is 0 Å². The van der Waals surface area contributed by atoms with Crippen LogP contribution in [0.1, 0.15) is 33.1 Å². The Morgan fingerprint density at radius 1 is 1.38 bits per heavy atom. The highest BCUT2D eigenvalue weighted by molar-refractivity contribution is 5.80. The summed E-state index contributed by atoms with van der Waals surface area (Å²) in [6, 6.07) is 0.102. The molecule has 3 N–H and O–H groups in total. The molecule has 3 heteroatoms. The van der Waals surface area contributed by atoms with Crippen molar-refractivity contribution in [3.05, 3.63) is 11.6 Å². The Balaban J connectivity index is 1.88. The van der Waals surface area contributed by atoms with Crippen molar-refractivity contribution in [1.82, 2.24) is 5.32 Å². The zero-order valence-electron chi connectivity index (χ0n) is 10.2. The molecule has 1 amide bonds. The molecule has 3 nitrogen and oxygen atoms in total. The molecule has 16 heavy (non-hydrogen) atoms. The summed E-state index contributed by atoms with van der Waals surface area (Å²) in [5, 5.41) is 2.98. The molecule has 0 aromatic rings. The van der Waals surface area contributed by atoms with Crippen LogP contribution in [0.15, 0.2) is 11.6 Å². The van der Waals surface area contributed by atoms with Gasteiger partial charge in [0.2, 0.25) is 5.91 Å². The average Bonchev–Trinajstić information content (AvgIpc) is 2.76. The van der Waals surface area contributed by atoms with Crippen LogP contribution in [-0.2, 0) is 4.79 Å². The monoisotopic (exact) mass is 222 g/mol. The first-order valence-corrected chi connectivity index (χ1v) is 6.26. The molecule has 2 fully saturated rings. The van der Waals surface area contributed by atoms with Crippen molar-refractivity contribution in [1.29, 1.82) is 0 Å². The van der Waals surface area contributed by atoms with Gasteiger partial charge >= 0.3 is 0 Å². The standard InChI is InChI=1S/C13H22N2O/c1-8(2)5-6-15-13(16)11-9-3-4-10(7-9)12(11)14/h5,9-12H,3-4,6-7,14H2,1-2H3,(H,15,16). The largest absolute Gasteiger partial charge is 0.352 e. The Bertz CT molecular complexity index is 305. The van der Waals surface area contributed by atoms with E-state index >= 15 is 0 Å². The minimum absolute atomic E-state index is 0.0734. The molecule has 0 radical (unpaired) electrons. The first-order chi connectivity index (χ1) is 7.59. The lowest BCUT2D eigenvalue weighted by Crippen LogP contribution is -2.45. The van der Waals surface area contributed by atoms with Crippen LogP contribution >= 0.6 is 0 Å². The van der Waals surface area contributed by atoms with Gasteiger partial charge in [-0.05, 0) is 44.9 Å². The van der Waals surface area contributed by atoms with Gasteiger partial charge in [0, 0.05) is 12.6 Å². The van der Waals surface area contributed by atoms with E-state index in [0.717, 1.165) is 0 Å². The average molecular weight is 222 g/mol. The van der Waals surface area contributed by atoms with E-state index in [0.29, 0.717) is 18.4 Å². The summed E-state index contributed by atoms with van der Waals surface area (Å²) in [6.07, 6.45) is 5.63. The van der Waals surface area contributed by atoms with Crippen LogP contribution in [0.25, 0.3) is 0 Å². The molecule has 2 saturated carbocycles. The predicted molar refractivity (Wildman–Crippen MR) is 64.7 cm³/mol. The second kappa shape index (κ2) is 4.58. The number of nitrogens with one attached hydrogen (secondary N) is 1. The third-order valence-corrected chi connectivity index (χ3v) is 4.07. The molecule has 0 heterocycles. The fourth-order valence-electron chi connectivity index (χ4n) is 3.20. The number of fused-ring (bicyclic) bond motifs is 2. The minimum atomic E-state index is 0.0734. The summed E-state index contributed by atoms with van der Waals surface area (Å²) < 4.78 is 0. The van der Waals surface area contributed by atoms with Crippen molar-refractivity contribution >= 4 is 5.91 Å². The second-order valence-corrected chi connectivity index (χ2v) is 5.46. The van der Waals surface area contributed by atoms with Gasteiger partial charge in [-0.25, -0.2) is 0 Å². The SMILES string of the molecule is CC(C)=CCNC(=O)C1C2CCC(C2)C1N. The van der Waals surface area contributed by atoms with Crippen molar-refractivity contribution in [2.24, 2.45) is 23.5 Å². The van der Waals surface area contributed by atoms with Gasteiger partial charge in [0.1, 0.15) is 0 Å². The third kappa shape index (κ3) is 2.14. The van der Waals surface area contributed by atoms with E-state index in [2.05, 4.69) is 5.32 Å². The lowest BCUT2D eigenvalue weighted by Gasteiger charge is -2.26. The number of hydrogen-bond donors (Lipinski definition) is 2. The normalized spacial score (nSPS) is 36.2. The van der Waals surface area contributed by atoms with Crippen LogP contribution in [0, 0.1) is 17.8 Å². The lowest BCUT2D eigenvalue weighted by atomic mass is 9.84. The lowest BCUT2D eigenvalue weighted by molar-refractivity contribution is -0.126. The maximum absolute atomic E-state index is 12.0. The molecule has 90 valence electrons. The van der Waals surface area contributed by atoms with Crippen LogP contribution in [0.2, 0.25) is 0 Å². The highest BCUT2D eigenvalue weighted by atomic mass is 16.1. The molecule has 4 unspecified atom stereocenters. The fraction of sp³-hybridized carbons (Fsp3) is 0.769. The first-order valence-electron chi connectivity index (χ1n) is 6.26. The van der Waals surface area contributed by atoms with Crippen molar-refractivity contribution in [2.45, 2.75) is 39.2 Å². The zero-order chi connectivity index (χ0) is 11.7. The highest BCUT2D eigenvalue weighted by Crippen LogP contribution is 2.47. The van der Waals surface area contributed by atoms with Gasteiger partial charge in [-0.1, -0.05) is 11.6 Å². The Morgan fingerprint density at radius 2 is 2.06 bits per heavy atom. The van der Waals surface area contributed by atoms with E-state index in [-0.39, 0.29) is 17.9 Å². The maximum atomic E-state index is 12.0. The van der Waals surface area contributed by atoms with Gasteiger partial charge in [0.15, 0.2) is 0 Å². The molecule has 2 aliphatic carbocycles. The summed E-state index contributed by atoms with van der Waals surface area (Å²) in [4.78, 5) is 12.0. The summed E-state index contributed by atoms with van der Waals surface area (Å²) in [5.41, 5.74) is 7.35. The maximum Gasteiger partial charge on any atom is 0.225 e. The number of carbonyl (C=O) groups is 1. The van der Waals surface area contributed by atoms with E-state index in [4.69, 9.17) is 5.73 Å². The van der Waals surface area contributed by atoms with Crippen molar-refractivity contribution in [3.8, 4) is 0 Å². The smallest absolute Gasteiger partial charge is 0.225 e. The molecule has 2 aliphatic rings. The summed E-state index contributed by atoms with van der Waals surface area (Å²) >= 11 is 0. The molecule has 4 atom stereocenters. The molecule has 0 spiro atoms. The quantitative estimate of drug-likeness (QED) is 0.710. The number of allylic oxidation sites excluding steroid dienone is 1. The molecule has 0 aromatic carbocycles. The summed E-state index contributed by atoms with van der Waals surface area (Å²) in [6.45, 7) is 4.71. The molecule has 0 saturated heterocycles. The molecular formula is C13H22N2O. The Kier molecular flexibility index (Phi) is 3.33. The minimum Gasteiger partial charge on any atom is -0.352 e. The number of amides is 1. The van der Waals surface area contributed by atoms with E-state index < -0.39 is 0 Å². The van der Waals surface area contributed by atoms with Gasteiger partial charge < -0.3 is 11.1 Å². The van der Waals surface area contributed by atoms with Crippen LogP contribution in [-0.4, -0.2) is 18.5 Å². The van der Waals surface area contributed by atoms with Gasteiger partial charge in [0.25, 0.3) is 0 Å². The van der Waals surface area contributed by atoms with E-state index in [1.54, 1.807) is 0 Å².